The Labute approximate surface area is 187 Å². The number of anilines is 1. The summed E-state index contributed by atoms with van der Waals surface area (Å²) >= 11 is 3.21. The Morgan fingerprint density at radius 1 is 1.25 bits per heavy atom. The summed E-state index contributed by atoms with van der Waals surface area (Å²) in [5, 5.41) is 3.29. The maximum absolute atomic E-state index is 14.3. The molecule has 5 nitrogen and oxygen atoms in total. The van der Waals surface area contributed by atoms with E-state index >= 15 is 0 Å². The van der Waals surface area contributed by atoms with Gasteiger partial charge in [0, 0.05) is 30.4 Å². The van der Waals surface area contributed by atoms with Gasteiger partial charge in [-0.05, 0) is 28.3 Å². The monoisotopic (exact) mass is 514 g/mol. The molecule has 1 aliphatic rings. The topological polar surface area (TPSA) is 59.8 Å². The van der Waals surface area contributed by atoms with E-state index in [4.69, 9.17) is 0 Å². The highest BCUT2D eigenvalue weighted by Gasteiger charge is 2.42. The molecule has 2 atom stereocenters. The number of alkyl halides is 4. The van der Waals surface area contributed by atoms with Gasteiger partial charge in [0.1, 0.15) is 22.4 Å². The average molecular weight is 515 g/mol. The van der Waals surface area contributed by atoms with Crippen LogP contribution in [0.15, 0.2) is 46.1 Å². The number of pyridine rings is 1. The van der Waals surface area contributed by atoms with Gasteiger partial charge in [0.15, 0.2) is 0 Å². The minimum Gasteiger partial charge on any atom is -0.365 e. The van der Waals surface area contributed by atoms with Crippen molar-refractivity contribution in [2.45, 2.75) is 25.8 Å². The lowest BCUT2D eigenvalue weighted by Crippen LogP contribution is -2.17. The molecule has 11 heteroatoms. The van der Waals surface area contributed by atoms with Crippen LogP contribution in [0, 0.1) is 17.7 Å². The summed E-state index contributed by atoms with van der Waals surface area (Å²) in [6.07, 6.45) is 0.629. The second-order valence-electron chi connectivity index (χ2n) is 7.35. The fraction of sp³-hybridized carbons (Fsp3) is 0.286. The molecular weight excluding hydrogens is 499 g/mol. The number of allylic oxidation sites excluding steroid dienone is 1. The molecule has 0 amide bonds. The zero-order valence-corrected chi connectivity index (χ0v) is 17.9. The summed E-state index contributed by atoms with van der Waals surface area (Å²) in [6, 6.07) is 3.73. The van der Waals surface area contributed by atoms with Crippen molar-refractivity contribution in [2.24, 2.45) is 11.8 Å². The number of nitrogens with zero attached hydrogens (tertiary/aromatic N) is 3. The van der Waals surface area contributed by atoms with Crippen LogP contribution in [0.1, 0.15) is 24.0 Å². The standard InChI is InChI=1S/C21H16BrF5N4O/c22-15-17-14(8-31(21(15)32)5-4-10-6-13(10)19(26)27)20(30-9-29-17)28-7-11-2-1-3-12(16(11)23)18(24)25/h1-5,8-10,13,18-19H,6-7H2,(H,28,29,30)/b5-4+/t10?,13-/m0/s1. The lowest BCUT2D eigenvalue weighted by atomic mass is 10.1. The highest BCUT2D eigenvalue weighted by Crippen LogP contribution is 2.44. The SMILES string of the molecule is O=c1c(Br)c2ncnc(NCc3cccc(C(F)F)c3F)c2cn1/C=C/C1C[C@@H]1C(F)F. The van der Waals surface area contributed by atoms with Gasteiger partial charge in [0.25, 0.3) is 12.0 Å². The van der Waals surface area contributed by atoms with E-state index in [0.29, 0.717) is 11.8 Å². The minimum absolute atomic E-state index is 0.0219. The number of benzene rings is 1. The Balaban J connectivity index is 1.64. The van der Waals surface area contributed by atoms with Gasteiger partial charge in [-0.2, -0.15) is 0 Å². The molecule has 168 valence electrons. The normalized spacial score (nSPS) is 18.2. The van der Waals surface area contributed by atoms with E-state index < -0.39 is 35.7 Å². The molecule has 32 heavy (non-hydrogen) atoms. The first-order chi connectivity index (χ1) is 15.3. The number of fused-ring (bicyclic) bond motifs is 1. The Bertz CT molecular complexity index is 1250. The van der Waals surface area contributed by atoms with E-state index in [1.165, 1.54) is 35.4 Å². The molecule has 2 aromatic heterocycles. The van der Waals surface area contributed by atoms with Crippen molar-refractivity contribution in [3.05, 3.63) is 68.6 Å². The molecule has 0 aliphatic heterocycles. The van der Waals surface area contributed by atoms with E-state index in [1.54, 1.807) is 6.08 Å². The summed E-state index contributed by atoms with van der Waals surface area (Å²) in [4.78, 5) is 20.8. The molecule has 0 saturated heterocycles. The van der Waals surface area contributed by atoms with Crippen LogP contribution in [0.5, 0.6) is 0 Å². The summed E-state index contributed by atoms with van der Waals surface area (Å²) in [5.41, 5.74) is -0.825. The third kappa shape index (κ3) is 4.38. The highest BCUT2D eigenvalue weighted by atomic mass is 79.9. The van der Waals surface area contributed by atoms with Crippen molar-refractivity contribution >= 4 is 38.9 Å². The van der Waals surface area contributed by atoms with Crippen LogP contribution < -0.4 is 10.9 Å². The van der Waals surface area contributed by atoms with E-state index in [1.807, 2.05) is 0 Å². The molecule has 4 rings (SSSR count). The summed E-state index contributed by atoms with van der Waals surface area (Å²) in [7, 11) is 0. The van der Waals surface area contributed by atoms with Crippen molar-refractivity contribution < 1.29 is 22.0 Å². The Hall–Kier alpha value is -2.82. The van der Waals surface area contributed by atoms with Crippen molar-refractivity contribution in [3.63, 3.8) is 0 Å². The molecular formula is C21H16BrF5N4O. The smallest absolute Gasteiger partial charge is 0.271 e. The van der Waals surface area contributed by atoms with E-state index in [2.05, 4.69) is 31.2 Å². The van der Waals surface area contributed by atoms with E-state index in [9.17, 15) is 26.7 Å². The fourth-order valence-corrected chi connectivity index (χ4v) is 3.91. The van der Waals surface area contributed by atoms with Gasteiger partial charge in [-0.25, -0.2) is 31.9 Å². The average Bonchev–Trinajstić information content (AvgIpc) is 3.54. The first-order valence-corrected chi connectivity index (χ1v) is 10.4. The molecule has 1 saturated carbocycles. The molecule has 2 heterocycles. The van der Waals surface area contributed by atoms with Crippen LogP contribution >= 0.6 is 15.9 Å². The predicted molar refractivity (Wildman–Crippen MR) is 113 cm³/mol. The highest BCUT2D eigenvalue weighted by molar-refractivity contribution is 9.10. The van der Waals surface area contributed by atoms with Crippen LogP contribution in [0.2, 0.25) is 0 Å². The van der Waals surface area contributed by atoms with Gasteiger partial charge in [0.05, 0.1) is 16.5 Å². The van der Waals surface area contributed by atoms with Crippen LogP contribution in [0.4, 0.5) is 27.8 Å². The second kappa shape index (κ2) is 8.97. The van der Waals surface area contributed by atoms with Gasteiger partial charge in [0.2, 0.25) is 6.43 Å². The molecule has 1 unspecified atom stereocenters. The maximum atomic E-state index is 14.3. The van der Waals surface area contributed by atoms with E-state index in [0.717, 1.165) is 6.07 Å². The van der Waals surface area contributed by atoms with Crippen LogP contribution in [-0.2, 0) is 6.54 Å². The Morgan fingerprint density at radius 3 is 2.72 bits per heavy atom. The van der Waals surface area contributed by atoms with Crippen molar-refractivity contribution in [2.75, 3.05) is 5.32 Å². The first-order valence-electron chi connectivity index (χ1n) is 9.59. The van der Waals surface area contributed by atoms with Gasteiger partial charge in [-0.15, -0.1) is 0 Å². The zero-order valence-electron chi connectivity index (χ0n) is 16.3. The van der Waals surface area contributed by atoms with Crippen LogP contribution in [0.25, 0.3) is 17.1 Å². The first kappa shape index (κ1) is 22.4. The van der Waals surface area contributed by atoms with Gasteiger partial charge < -0.3 is 5.32 Å². The molecule has 1 aromatic carbocycles. The number of hydrogen-bond acceptors (Lipinski definition) is 4. The van der Waals surface area contributed by atoms with E-state index in [-0.39, 0.29) is 33.8 Å². The second-order valence-corrected chi connectivity index (χ2v) is 8.15. The number of halogens is 6. The number of nitrogens with one attached hydrogen (secondary N) is 1. The quantitative estimate of drug-likeness (QED) is 0.416. The number of aromatic nitrogens is 3. The van der Waals surface area contributed by atoms with Gasteiger partial charge in [-0.3, -0.25) is 9.36 Å². The lowest BCUT2D eigenvalue weighted by Gasteiger charge is -2.12. The number of rotatable bonds is 7. The Kier molecular flexibility index (Phi) is 6.27. The molecule has 1 aliphatic carbocycles. The maximum Gasteiger partial charge on any atom is 0.271 e. The molecule has 0 bridgehead atoms. The lowest BCUT2D eigenvalue weighted by molar-refractivity contribution is 0.119. The summed E-state index contributed by atoms with van der Waals surface area (Å²) in [6.45, 7) is -0.136. The van der Waals surface area contributed by atoms with Gasteiger partial charge in [-0.1, -0.05) is 24.3 Å². The molecule has 1 N–H and O–H groups in total. The zero-order chi connectivity index (χ0) is 23.0. The van der Waals surface area contributed by atoms with Crippen molar-refractivity contribution in [1.29, 1.82) is 0 Å². The van der Waals surface area contributed by atoms with Gasteiger partial charge >= 0.3 is 0 Å². The fourth-order valence-electron chi connectivity index (χ4n) is 3.39. The van der Waals surface area contributed by atoms with Crippen LogP contribution in [-0.4, -0.2) is 21.0 Å². The third-order valence-electron chi connectivity index (χ3n) is 5.28. The summed E-state index contributed by atoms with van der Waals surface area (Å²) in [5.74, 6) is -1.76. The predicted octanol–water partition coefficient (Wildman–Crippen LogP) is 5.61. The molecule has 0 radical (unpaired) electrons. The van der Waals surface area contributed by atoms with Crippen molar-refractivity contribution in [3.8, 4) is 0 Å². The van der Waals surface area contributed by atoms with Crippen LogP contribution in [0.3, 0.4) is 0 Å². The summed E-state index contributed by atoms with van der Waals surface area (Å²) < 4.78 is 67.0. The third-order valence-corrected chi connectivity index (χ3v) is 6.00. The molecule has 1 fully saturated rings. The molecule has 3 aromatic rings. The minimum atomic E-state index is -2.94. The molecule has 0 spiro atoms. The number of hydrogen-bond donors (Lipinski definition) is 1. The van der Waals surface area contributed by atoms with Crippen molar-refractivity contribution in [1.82, 2.24) is 14.5 Å². The Morgan fingerprint density at radius 2 is 2.03 bits per heavy atom. The largest absolute Gasteiger partial charge is 0.365 e.